The summed E-state index contributed by atoms with van der Waals surface area (Å²) in [5, 5.41) is 3.73. The average Bonchev–Trinajstić information content (AvgIpc) is 3.20. The van der Waals surface area contributed by atoms with E-state index in [-0.39, 0.29) is 34.9 Å². The third-order valence-electron chi connectivity index (χ3n) is 6.54. The molecule has 0 spiro atoms. The maximum absolute atomic E-state index is 13.6. The monoisotopic (exact) mass is 417 g/mol. The number of unbranched alkanes of at least 4 members (excludes halogenated alkanes) is 1. The van der Waals surface area contributed by atoms with Crippen molar-refractivity contribution >= 4 is 11.8 Å². The van der Waals surface area contributed by atoms with Crippen molar-refractivity contribution in [2.75, 3.05) is 19.6 Å². The van der Waals surface area contributed by atoms with Crippen molar-refractivity contribution < 1.29 is 14.0 Å². The van der Waals surface area contributed by atoms with Crippen LogP contribution in [0.15, 0.2) is 23.0 Å². The van der Waals surface area contributed by atoms with Crippen molar-refractivity contribution in [1.29, 1.82) is 0 Å². The first kappa shape index (κ1) is 22.9. The minimum atomic E-state index is -0.000609. The number of carbonyl (C=O) groups is 2. The van der Waals surface area contributed by atoms with Crippen LogP contribution in [0, 0.1) is 5.92 Å². The Balaban J connectivity index is 1.66. The van der Waals surface area contributed by atoms with Gasteiger partial charge in [0.2, 0.25) is 5.91 Å². The number of nitrogens with zero attached hydrogens (tertiary/aromatic N) is 2. The first-order valence-electron chi connectivity index (χ1n) is 11.5. The number of hydrogen-bond acceptors (Lipinski definition) is 4. The van der Waals surface area contributed by atoms with Gasteiger partial charge < -0.3 is 19.5 Å². The van der Waals surface area contributed by atoms with Crippen molar-refractivity contribution in [3.8, 4) is 0 Å². The summed E-state index contributed by atoms with van der Waals surface area (Å²) in [6.45, 7) is 13.2. The first-order valence-corrected chi connectivity index (χ1v) is 11.5. The summed E-state index contributed by atoms with van der Waals surface area (Å²) >= 11 is 0. The van der Waals surface area contributed by atoms with E-state index in [4.69, 9.17) is 4.42 Å². The van der Waals surface area contributed by atoms with Crippen molar-refractivity contribution in [3.63, 3.8) is 0 Å². The Morgan fingerprint density at radius 2 is 1.80 bits per heavy atom. The number of furan rings is 1. The third kappa shape index (κ3) is 5.45. The van der Waals surface area contributed by atoms with Crippen LogP contribution in [0.2, 0.25) is 0 Å². The maximum atomic E-state index is 13.6. The lowest BCUT2D eigenvalue weighted by molar-refractivity contribution is -0.141. The molecule has 0 atom stereocenters. The minimum Gasteiger partial charge on any atom is -0.472 e. The zero-order chi connectivity index (χ0) is 21.9. The van der Waals surface area contributed by atoms with Gasteiger partial charge in [0.25, 0.3) is 5.91 Å². The number of likely N-dealkylation sites (tertiary alicyclic amines) is 1. The van der Waals surface area contributed by atoms with Gasteiger partial charge in [-0.05, 0) is 65.9 Å². The van der Waals surface area contributed by atoms with E-state index in [0.717, 1.165) is 45.1 Å². The van der Waals surface area contributed by atoms with Crippen molar-refractivity contribution in [3.05, 3.63) is 24.2 Å². The minimum absolute atomic E-state index is 0.000609. The Morgan fingerprint density at radius 3 is 2.33 bits per heavy atom. The molecule has 6 heteroatoms. The van der Waals surface area contributed by atoms with Crippen molar-refractivity contribution in [2.24, 2.45) is 5.92 Å². The van der Waals surface area contributed by atoms with E-state index in [1.165, 1.54) is 12.5 Å². The van der Waals surface area contributed by atoms with E-state index in [9.17, 15) is 9.59 Å². The quantitative estimate of drug-likeness (QED) is 0.758. The first-order chi connectivity index (χ1) is 14.1. The van der Waals surface area contributed by atoms with E-state index >= 15 is 0 Å². The summed E-state index contributed by atoms with van der Waals surface area (Å²) in [6, 6.07) is 1.97. The van der Waals surface area contributed by atoms with Crippen molar-refractivity contribution in [1.82, 2.24) is 15.1 Å². The highest BCUT2D eigenvalue weighted by atomic mass is 16.3. The highest BCUT2D eigenvalue weighted by Crippen LogP contribution is 2.33. The van der Waals surface area contributed by atoms with E-state index in [2.05, 4.69) is 44.8 Å². The van der Waals surface area contributed by atoms with Gasteiger partial charge in [-0.3, -0.25) is 9.59 Å². The van der Waals surface area contributed by atoms with Crippen LogP contribution in [-0.4, -0.2) is 58.4 Å². The van der Waals surface area contributed by atoms with E-state index < -0.39 is 0 Å². The highest BCUT2D eigenvalue weighted by molar-refractivity contribution is 5.94. The molecule has 0 bridgehead atoms. The molecule has 2 aliphatic rings. The molecule has 2 amide bonds. The number of carbonyl (C=O) groups excluding carboxylic acids is 2. The SMILES string of the molecule is CCCCN(C(=O)C1CCN(C(=O)c2ccoc2)CC1)C1CC(C)(C)NC(C)(C)C1. The fourth-order valence-corrected chi connectivity index (χ4v) is 5.42. The topological polar surface area (TPSA) is 65.8 Å². The average molecular weight is 418 g/mol. The molecule has 0 radical (unpaired) electrons. The zero-order valence-corrected chi connectivity index (χ0v) is 19.4. The van der Waals surface area contributed by atoms with E-state index in [1.807, 2.05) is 4.90 Å². The van der Waals surface area contributed by atoms with Gasteiger partial charge in [0.15, 0.2) is 0 Å². The molecule has 3 heterocycles. The smallest absolute Gasteiger partial charge is 0.257 e. The van der Waals surface area contributed by atoms with Crippen LogP contribution in [0.4, 0.5) is 0 Å². The molecule has 30 heavy (non-hydrogen) atoms. The zero-order valence-electron chi connectivity index (χ0n) is 19.4. The molecule has 0 aliphatic carbocycles. The molecular weight excluding hydrogens is 378 g/mol. The van der Waals surface area contributed by atoms with Gasteiger partial charge in [0.1, 0.15) is 6.26 Å². The van der Waals surface area contributed by atoms with Crippen LogP contribution in [-0.2, 0) is 4.79 Å². The Morgan fingerprint density at radius 1 is 1.17 bits per heavy atom. The van der Waals surface area contributed by atoms with Gasteiger partial charge in [-0.25, -0.2) is 0 Å². The summed E-state index contributed by atoms with van der Waals surface area (Å²) in [7, 11) is 0. The summed E-state index contributed by atoms with van der Waals surface area (Å²) in [4.78, 5) is 30.2. The highest BCUT2D eigenvalue weighted by Gasteiger charge is 2.42. The van der Waals surface area contributed by atoms with E-state index in [1.54, 1.807) is 6.07 Å². The Hall–Kier alpha value is -1.82. The molecule has 0 unspecified atom stereocenters. The molecular formula is C24H39N3O3. The lowest BCUT2D eigenvalue weighted by Gasteiger charge is -2.50. The molecule has 0 saturated carbocycles. The molecule has 2 aliphatic heterocycles. The van der Waals surface area contributed by atoms with Crippen LogP contribution in [0.25, 0.3) is 0 Å². The van der Waals surface area contributed by atoms with Crippen LogP contribution in [0.3, 0.4) is 0 Å². The van der Waals surface area contributed by atoms with Crippen LogP contribution < -0.4 is 5.32 Å². The Kier molecular flexibility index (Phi) is 6.95. The van der Waals surface area contributed by atoms with Gasteiger partial charge in [0.05, 0.1) is 11.8 Å². The molecule has 168 valence electrons. The summed E-state index contributed by atoms with van der Waals surface area (Å²) in [5.41, 5.74) is 0.609. The second-order valence-corrected chi connectivity index (χ2v) is 10.4. The number of amides is 2. The van der Waals surface area contributed by atoms with Gasteiger partial charge in [0, 0.05) is 42.7 Å². The maximum Gasteiger partial charge on any atom is 0.257 e. The molecule has 1 N–H and O–H groups in total. The molecule has 0 aromatic carbocycles. The second kappa shape index (κ2) is 9.13. The summed E-state index contributed by atoms with van der Waals surface area (Å²) in [5.74, 6) is 0.299. The number of nitrogens with one attached hydrogen (secondary N) is 1. The molecule has 3 rings (SSSR count). The van der Waals surface area contributed by atoms with Gasteiger partial charge in [-0.15, -0.1) is 0 Å². The van der Waals surface area contributed by atoms with Gasteiger partial charge in [-0.2, -0.15) is 0 Å². The summed E-state index contributed by atoms with van der Waals surface area (Å²) < 4.78 is 5.04. The fraction of sp³-hybridized carbons (Fsp3) is 0.750. The lowest BCUT2D eigenvalue weighted by atomic mass is 9.78. The van der Waals surface area contributed by atoms with Crippen molar-refractivity contribution in [2.45, 2.75) is 90.3 Å². The van der Waals surface area contributed by atoms with E-state index in [0.29, 0.717) is 18.7 Å². The molecule has 2 fully saturated rings. The Bertz CT molecular complexity index is 702. The standard InChI is InChI=1S/C24H39N3O3/c1-6-7-11-27(20-15-23(2,3)25-24(4,5)16-20)22(29)18-8-12-26(13-9-18)21(28)19-10-14-30-17-19/h10,14,17-18,20,25H,6-9,11-13,15-16H2,1-5H3. The molecule has 1 aromatic rings. The molecule has 1 aromatic heterocycles. The van der Waals surface area contributed by atoms with Crippen LogP contribution >= 0.6 is 0 Å². The normalized spacial score (nSPS) is 22.1. The molecule has 2 saturated heterocycles. The summed E-state index contributed by atoms with van der Waals surface area (Å²) in [6.07, 6.45) is 8.57. The van der Waals surface area contributed by atoms with Crippen LogP contribution in [0.1, 0.15) is 83.5 Å². The van der Waals surface area contributed by atoms with Gasteiger partial charge >= 0.3 is 0 Å². The number of rotatable bonds is 6. The van der Waals surface area contributed by atoms with Crippen LogP contribution in [0.5, 0.6) is 0 Å². The predicted molar refractivity (Wildman–Crippen MR) is 118 cm³/mol. The fourth-order valence-electron chi connectivity index (χ4n) is 5.42. The number of hydrogen-bond donors (Lipinski definition) is 1. The third-order valence-corrected chi connectivity index (χ3v) is 6.54. The largest absolute Gasteiger partial charge is 0.472 e. The van der Waals surface area contributed by atoms with Gasteiger partial charge in [-0.1, -0.05) is 13.3 Å². The predicted octanol–water partition coefficient (Wildman–Crippen LogP) is 4.07. The number of piperidine rings is 2. The Labute approximate surface area is 181 Å². The lowest BCUT2D eigenvalue weighted by Crippen LogP contribution is -2.63. The second-order valence-electron chi connectivity index (χ2n) is 10.4. The molecule has 6 nitrogen and oxygen atoms in total.